The molecule has 0 unspecified atom stereocenters. The standard InChI is InChI=1S/C17H15F2NO4S/c1-20-25(22,23)15-9-5-13(6-10-15)16(21)11-4-12-2-7-14(8-3-12)24-17(18)19/h2-11,17,20H,1H3/b11-4+. The fourth-order valence-corrected chi connectivity index (χ4v) is 2.67. The number of ether oxygens (including phenoxy) is 1. The Kier molecular flexibility index (Phi) is 6.00. The molecular formula is C17H15F2NO4S. The van der Waals surface area contributed by atoms with E-state index in [9.17, 15) is 22.0 Å². The van der Waals surface area contributed by atoms with Crippen LogP contribution in [-0.2, 0) is 10.0 Å². The Labute approximate surface area is 144 Å². The molecule has 0 amide bonds. The van der Waals surface area contributed by atoms with Crippen molar-refractivity contribution in [1.29, 1.82) is 0 Å². The molecule has 0 radical (unpaired) electrons. The molecule has 0 aliphatic carbocycles. The number of ketones is 1. The number of carbonyl (C=O) groups excluding carboxylic acids is 1. The Morgan fingerprint density at radius 1 is 1.08 bits per heavy atom. The number of hydrogen-bond donors (Lipinski definition) is 1. The molecule has 0 aliphatic rings. The molecule has 5 nitrogen and oxygen atoms in total. The van der Waals surface area contributed by atoms with Crippen LogP contribution in [0.4, 0.5) is 8.78 Å². The highest BCUT2D eigenvalue weighted by molar-refractivity contribution is 7.89. The van der Waals surface area contributed by atoms with Crippen LogP contribution in [0.3, 0.4) is 0 Å². The van der Waals surface area contributed by atoms with Crippen LogP contribution in [0.1, 0.15) is 15.9 Å². The van der Waals surface area contributed by atoms with Crippen LogP contribution < -0.4 is 9.46 Å². The maximum atomic E-state index is 12.1. The molecule has 0 heterocycles. The molecule has 0 saturated carbocycles. The predicted octanol–water partition coefficient (Wildman–Crippen LogP) is 3.09. The summed E-state index contributed by atoms with van der Waals surface area (Å²) >= 11 is 0. The largest absolute Gasteiger partial charge is 0.435 e. The monoisotopic (exact) mass is 367 g/mol. The van der Waals surface area contributed by atoms with Gasteiger partial charge in [-0.25, -0.2) is 13.1 Å². The summed E-state index contributed by atoms with van der Waals surface area (Å²) in [6, 6.07) is 11.3. The summed E-state index contributed by atoms with van der Waals surface area (Å²) < 4.78 is 53.8. The van der Waals surface area contributed by atoms with Crippen molar-refractivity contribution in [2.24, 2.45) is 0 Å². The zero-order valence-electron chi connectivity index (χ0n) is 13.1. The lowest BCUT2D eigenvalue weighted by atomic mass is 10.1. The maximum Gasteiger partial charge on any atom is 0.387 e. The van der Waals surface area contributed by atoms with Crippen molar-refractivity contribution in [1.82, 2.24) is 4.72 Å². The second-order valence-corrected chi connectivity index (χ2v) is 6.76. The number of sulfonamides is 1. The third-order valence-electron chi connectivity index (χ3n) is 3.25. The summed E-state index contributed by atoms with van der Waals surface area (Å²) in [6.07, 6.45) is 2.83. The van der Waals surface area contributed by atoms with Crippen molar-refractivity contribution < 1.29 is 26.7 Å². The van der Waals surface area contributed by atoms with E-state index in [4.69, 9.17) is 0 Å². The Balaban J connectivity index is 2.07. The van der Waals surface area contributed by atoms with Gasteiger partial charge in [0, 0.05) is 5.56 Å². The summed E-state index contributed by atoms with van der Waals surface area (Å²) in [6.45, 7) is -2.89. The van der Waals surface area contributed by atoms with E-state index < -0.39 is 16.6 Å². The van der Waals surface area contributed by atoms with E-state index in [1.54, 1.807) is 0 Å². The molecule has 0 saturated heterocycles. The van der Waals surface area contributed by atoms with Crippen molar-refractivity contribution in [3.63, 3.8) is 0 Å². The molecule has 0 spiro atoms. The van der Waals surface area contributed by atoms with Crippen LogP contribution >= 0.6 is 0 Å². The van der Waals surface area contributed by atoms with Gasteiger partial charge in [0.05, 0.1) is 4.90 Å². The zero-order valence-corrected chi connectivity index (χ0v) is 14.0. The molecule has 2 aromatic rings. The van der Waals surface area contributed by atoms with Crippen LogP contribution in [0.15, 0.2) is 59.5 Å². The molecule has 0 atom stereocenters. The summed E-state index contributed by atoms with van der Waals surface area (Å²) in [5, 5.41) is 0. The quantitative estimate of drug-likeness (QED) is 0.603. The Morgan fingerprint density at radius 2 is 1.68 bits per heavy atom. The van der Waals surface area contributed by atoms with Gasteiger partial charge < -0.3 is 4.74 Å². The zero-order chi connectivity index (χ0) is 18.4. The van der Waals surface area contributed by atoms with Gasteiger partial charge in [-0.1, -0.05) is 18.2 Å². The molecule has 132 valence electrons. The number of allylic oxidation sites excluding steroid dienone is 1. The molecule has 0 aliphatic heterocycles. The van der Waals surface area contributed by atoms with Crippen LogP contribution in [-0.4, -0.2) is 27.9 Å². The number of benzene rings is 2. The normalized spacial score (nSPS) is 11.8. The highest BCUT2D eigenvalue weighted by atomic mass is 32.2. The second kappa shape index (κ2) is 8.00. The first-order valence-corrected chi connectivity index (χ1v) is 8.61. The third kappa shape index (κ3) is 5.20. The Bertz CT molecular complexity index is 861. The highest BCUT2D eigenvalue weighted by Crippen LogP contribution is 2.16. The van der Waals surface area contributed by atoms with Crippen LogP contribution in [0.2, 0.25) is 0 Å². The van der Waals surface area contributed by atoms with E-state index in [1.807, 2.05) is 0 Å². The van der Waals surface area contributed by atoms with Crippen molar-refractivity contribution in [3.8, 4) is 5.75 Å². The van der Waals surface area contributed by atoms with Gasteiger partial charge in [0.15, 0.2) is 5.78 Å². The lowest BCUT2D eigenvalue weighted by Crippen LogP contribution is -2.18. The van der Waals surface area contributed by atoms with Gasteiger partial charge in [-0.3, -0.25) is 4.79 Å². The summed E-state index contributed by atoms with van der Waals surface area (Å²) in [5.74, 6) is -0.291. The van der Waals surface area contributed by atoms with Crippen molar-refractivity contribution in [2.75, 3.05) is 7.05 Å². The number of alkyl halides is 2. The number of hydrogen-bond acceptors (Lipinski definition) is 4. The van der Waals surface area contributed by atoms with Gasteiger partial charge >= 0.3 is 6.61 Å². The van der Waals surface area contributed by atoms with Crippen molar-refractivity contribution >= 4 is 21.9 Å². The van der Waals surface area contributed by atoms with Gasteiger partial charge in [-0.05, 0) is 55.1 Å². The minimum absolute atomic E-state index is 0.0276. The number of nitrogens with one attached hydrogen (secondary N) is 1. The number of halogens is 2. The molecule has 25 heavy (non-hydrogen) atoms. The Morgan fingerprint density at radius 3 is 2.20 bits per heavy atom. The average Bonchev–Trinajstić information content (AvgIpc) is 2.60. The first-order valence-electron chi connectivity index (χ1n) is 7.13. The van der Waals surface area contributed by atoms with E-state index in [0.717, 1.165) is 0 Å². The Hall–Kier alpha value is -2.58. The minimum Gasteiger partial charge on any atom is -0.435 e. The van der Waals surface area contributed by atoms with E-state index in [-0.39, 0.29) is 16.4 Å². The predicted molar refractivity (Wildman–Crippen MR) is 89.1 cm³/mol. The fraction of sp³-hybridized carbons (Fsp3) is 0.118. The van der Waals surface area contributed by atoms with E-state index in [1.165, 1.54) is 67.7 Å². The number of carbonyl (C=O) groups is 1. The lowest BCUT2D eigenvalue weighted by molar-refractivity contribution is -0.0498. The number of rotatable bonds is 7. The van der Waals surface area contributed by atoms with Gasteiger partial charge in [0.2, 0.25) is 10.0 Å². The molecule has 1 N–H and O–H groups in total. The van der Waals surface area contributed by atoms with E-state index in [2.05, 4.69) is 9.46 Å². The van der Waals surface area contributed by atoms with Gasteiger partial charge in [-0.2, -0.15) is 8.78 Å². The summed E-state index contributed by atoms with van der Waals surface area (Å²) in [4.78, 5) is 12.1. The third-order valence-corrected chi connectivity index (χ3v) is 4.68. The van der Waals surface area contributed by atoms with Crippen molar-refractivity contribution in [3.05, 3.63) is 65.7 Å². The van der Waals surface area contributed by atoms with E-state index in [0.29, 0.717) is 11.1 Å². The highest BCUT2D eigenvalue weighted by Gasteiger charge is 2.11. The summed E-state index contributed by atoms with van der Waals surface area (Å²) in [5.41, 5.74) is 0.952. The van der Waals surface area contributed by atoms with Crippen LogP contribution in [0.25, 0.3) is 6.08 Å². The first-order chi connectivity index (χ1) is 11.8. The van der Waals surface area contributed by atoms with Gasteiger partial charge in [-0.15, -0.1) is 0 Å². The van der Waals surface area contributed by atoms with Crippen LogP contribution in [0.5, 0.6) is 5.75 Å². The molecule has 8 heteroatoms. The van der Waals surface area contributed by atoms with Gasteiger partial charge in [0.1, 0.15) is 5.75 Å². The second-order valence-electron chi connectivity index (χ2n) is 4.88. The van der Waals surface area contributed by atoms with E-state index >= 15 is 0 Å². The first kappa shape index (κ1) is 18.8. The lowest BCUT2D eigenvalue weighted by Gasteiger charge is -2.04. The fourth-order valence-electron chi connectivity index (χ4n) is 1.94. The maximum absolute atomic E-state index is 12.1. The molecule has 2 aromatic carbocycles. The molecule has 0 fully saturated rings. The SMILES string of the molecule is CNS(=O)(=O)c1ccc(C(=O)/C=C/c2ccc(OC(F)F)cc2)cc1. The molecular weight excluding hydrogens is 352 g/mol. The minimum atomic E-state index is -3.55. The topological polar surface area (TPSA) is 72.5 Å². The molecule has 0 aromatic heterocycles. The molecule has 0 bridgehead atoms. The van der Waals surface area contributed by atoms with Gasteiger partial charge in [0.25, 0.3) is 0 Å². The average molecular weight is 367 g/mol. The smallest absolute Gasteiger partial charge is 0.387 e. The molecule has 2 rings (SSSR count). The van der Waals surface area contributed by atoms with Crippen LogP contribution in [0, 0.1) is 0 Å². The van der Waals surface area contributed by atoms with Crippen molar-refractivity contribution in [2.45, 2.75) is 11.5 Å². The summed E-state index contributed by atoms with van der Waals surface area (Å²) in [7, 11) is -2.25.